The molecule has 0 fully saturated rings. The van der Waals surface area contributed by atoms with E-state index in [1.54, 1.807) is 0 Å². The first-order chi connectivity index (χ1) is 31.7. The van der Waals surface area contributed by atoms with Crippen LogP contribution in [0.5, 0.6) is 0 Å². The Bertz CT molecular complexity index is 3360. The molecule has 12 aromatic rings. The highest BCUT2D eigenvalue weighted by Gasteiger charge is 2.43. The lowest BCUT2D eigenvalue weighted by Crippen LogP contribution is -2.36. The molecule has 1 aliphatic rings. The van der Waals surface area contributed by atoms with Crippen LogP contribution in [0.2, 0.25) is 0 Å². The minimum atomic E-state index is -0.497. The third-order valence-electron chi connectivity index (χ3n) is 13.9. The summed E-state index contributed by atoms with van der Waals surface area (Å²) in [6, 6.07) is 89.8. The molecule has 0 amide bonds. The van der Waals surface area contributed by atoms with E-state index < -0.39 is 5.41 Å². The Morgan fingerprint density at radius 1 is 0.266 bits per heavy atom. The molecule has 0 bridgehead atoms. The van der Waals surface area contributed by atoms with E-state index in [1.807, 2.05) is 0 Å². The summed E-state index contributed by atoms with van der Waals surface area (Å²) in [4.78, 5) is 0. The molecular formula is C62H42N2. The van der Waals surface area contributed by atoms with Gasteiger partial charge in [0.05, 0.1) is 27.5 Å². The van der Waals surface area contributed by atoms with E-state index in [0.717, 1.165) is 17.8 Å². The fourth-order valence-electron chi connectivity index (χ4n) is 11.1. The summed E-state index contributed by atoms with van der Waals surface area (Å²) in [5, 5.41) is 5.10. The minimum absolute atomic E-state index is 0.497. The SMILES string of the molecule is c1ccc2c(c1)Cc1ccccc1C2(c1ccc(-c2ccc(-n3c4ccccc4c4ccccc43)cc2)cc1)c1ccc(-c2ccc(-n3c4ccccc4c4ccccc43)cc2)cc1. The molecule has 2 nitrogen and oxygen atoms in total. The van der Waals surface area contributed by atoms with E-state index in [9.17, 15) is 0 Å². The molecule has 0 aliphatic heterocycles. The quantitative estimate of drug-likeness (QED) is 0.158. The highest BCUT2D eigenvalue weighted by molar-refractivity contribution is 6.10. The number of hydrogen-bond acceptors (Lipinski definition) is 0. The first-order valence-electron chi connectivity index (χ1n) is 22.3. The van der Waals surface area contributed by atoms with E-state index in [-0.39, 0.29) is 0 Å². The number of benzene rings is 10. The number of aromatic nitrogens is 2. The zero-order chi connectivity index (χ0) is 42.2. The number of para-hydroxylation sites is 4. The zero-order valence-electron chi connectivity index (χ0n) is 35.2. The maximum Gasteiger partial charge on any atom is 0.0707 e. The van der Waals surface area contributed by atoms with Crippen LogP contribution in [0.3, 0.4) is 0 Å². The van der Waals surface area contributed by atoms with Crippen LogP contribution in [-0.4, -0.2) is 9.13 Å². The molecule has 13 rings (SSSR count). The molecule has 1 aliphatic carbocycles. The van der Waals surface area contributed by atoms with Gasteiger partial charge in [0.2, 0.25) is 0 Å². The van der Waals surface area contributed by atoms with Crippen molar-refractivity contribution in [2.24, 2.45) is 0 Å². The Morgan fingerprint density at radius 2 is 0.547 bits per heavy atom. The summed E-state index contributed by atoms with van der Waals surface area (Å²) in [6.07, 6.45) is 0.918. The Labute approximate surface area is 372 Å². The van der Waals surface area contributed by atoms with Gasteiger partial charge < -0.3 is 9.13 Å². The number of nitrogens with zero attached hydrogens (tertiary/aromatic N) is 2. The molecule has 2 aromatic heterocycles. The largest absolute Gasteiger partial charge is 0.309 e. The lowest BCUT2D eigenvalue weighted by molar-refractivity contribution is 0.703. The predicted molar refractivity (Wildman–Crippen MR) is 267 cm³/mol. The number of fused-ring (bicyclic) bond motifs is 8. The lowest BCUT2D eigenvalue weighted by atomic mass is 9.59. The van der Waals surface area contributed by atoms with Gasteiger partial charge in [-0.05, 0) is 111 Å². The molecular weight excluding hydrogens is 773 g/mol. The standard InChI is InChI=1S/C62H42N2/c1-7-19-56-46(13-1)41-47-14-2-8-20-57(47)62(56,48-33-25-42(26-34-48)44-29-37-50(38-30-44)63-58-21-9-3-15-52(58)53-16-4-10-22-59(53)63)49-35-27-43(28-36-49)45-31-39-51(40-32-45)64-60-23-11-5-17-54(60)55-18-6-12-24-61(55)64/h1-40H,41H2. The molecule has 2 heteroatoms. The van der Waals surface area contributed by atoms with Gasteiger partial charge in [0.25, 0.3) is 0 Å². The molecule has 2 heterocycles. The van der Waals surface area contributed by atoms with Crippen LogP contribution in [0.25, 0.3) is 77.2 Å². The highest BCUT2D eigenvalue weighted by atomic mass is 15.0. The normalized spacial score (nSPS) is 13.1. The number of hydrogen-bond donors (Lipinski definition) is 0. The van der Waals surface area contributed by atoms with E-state index >= 15 is 0 Å². The second-order valence-corrected chi connectivity index (χ2v) is 17.2. The van der Waals surface area contributed by atoms with Crippen molar-refractivity contribution < 1.29 is 0 Å². The van der Waals surface area contributed by atoms with E-state index in [1.165, 1.54) is 99.2 Å². The first kappa shape index (κ1) is 36.5. The highest BCUT2D eigenvalue weighted by Crippen LogP contribution is 2.51. The van der Waals surface area contributed by atoms with E-state index in [4.69, 9.17) is 0 Å². The first-order valence-corrected chi connectivity index (χ1v) is 22.3. The molecule has 0 radical (unpaired) electrons. The van der Waals surface area contributed by atoms with Gasteiger partial charge >= 0.3 is 0 Å². The van der Waals surface area contributed by atoms with Crippen LogP contribution in [0.1, 0.15) is 33.4 Å². The average molecular weight is 815 g/mol. The Hall–Kier alpha value is -8.20. The van der Waals surface area contributed by atoms with Gasteiger partial charge in [0.15, 0.2) is 0 Å². The van der Waals surface area contributed by atoms with Crippen molar-refractivity contribution in [1.29, 1.82) is 0 Å². The second kappa shape index (κ2) is 14.4. The molecule has 0 spiro atoms. The maximum atomic E-state index is 2.38. The summed E-state index contributed by atoms with van der Waals surface area (Å²) < 4.78 is 4.76. The van der Waals surface area contributed by atoms with Crippen molar-refractivity contribution in [1.82, 2.24) is 9.13 Å². The smallest absolute Gasteiger partial charge is 0.0707 e. The number of rotatable bonds is 6. The van der Waals surface area contributed by atoms with Crippen molar-refractivity contribution in [3.63, 3.8) is 0 Å². The van der Waals surface area contributed by atoms with Crippen LogP contribution < -0.4 is 0 Å². The summed E-state index contributed by atoms with van der Waals surface area (Å²) >= 11 is 0. The maximum absolute atomic E-state index is 2.38. The van der Waals surface area contributed by atoms with Gasteiger partial charge in [0.1, 0.15) is 0 Å². The summed E-state index contributed by atoms with van der Waals surface area (Å²) in [6.45, 7) is 0. The summed E-state index contributed by atoms with van der Waals surface area (Å²) in [5.41, 5.74) is 19.5. The van der Waals surface area contributed by atoms with Gasteiger partial charge in [0, 0.05) is 32.9 Å². The van der Waals surface area contributed by atoms with Gasteiger partial charge in [-0.2, -0.15) is 0 Å². The van der Waals surface area contributed by atoms with Crippen LogP contribution in [0.4, 0.5) is 0 Å². The van der Waals surface area contributed by atoms with Crippen molar-refractivity contribution in [3.8, 4) is 33.6 Å². The Kier molecular flexibility index (Phi) is 8.23. The van der Waals surface area contributed by atoms with Crippen LogP contribution in [-0.2, 0) is 11.8 Å². The molecule has 64 heavy (non-hydrogen) atoms. The Morgan fingerprint density at radius 3 is 0.891 bits per heavy atom. The summed E-state index contributed by atoms with van der Waals surface area (Å²) in [5.74, 6) is 0. The van der Waals surface area contributed by atoms with Gasteiger partial charge in [-0.25, -0.2) is 0 Å². The van der Waals surface area contributed by atoms with Crippen molar-refractivity contribution in [2.75, 3.05) is 0 Å². The molecule has 0 N–H and O–H groups in total. The fraction of sp³-hybridized carbons (Fsp3) is 0.0323. The zero-order valence-corrected chi connectivity index (χ0v) is 35.2. The van der Waals surface area contributed by atoms with Crippen LogP contribution in [0, 0.1) is 0 Å². The van der Waals surface area contributed by atoms with Crippen LogP contribution in [0.15, 0.2) is 243 Å². The van der Waals surface area contributed by atoms with Gasteiger partial charge in [-0.1, -0.05) is 194 Å². The second-order valence-electron chi connectivity index (χ2n) is 17.2. The van der Waals surface area contributed by atoms with Crippen molar-refractivity contribution >= 4 is 43.6 Å². The molecule has 0 saturated carbocycles. The fourth-order valence-corrected chi connectivity index (χ4v) is 11.1. The van der Waals surface area contributed by atoms with Gasteiger partial charge in [-0.3, -0.25) is 0 Å². The minimum Gasteiger partial charge on any atom is -0.309 e. The van der Waals surface area contributed by atoms with E-state index in [2.05, 4.69) is 252 Å². The molecule has 10 aromatic carbocycles. The summed E-state index contributed by atoms with van der Waals surface area (Å²) in [7, 11) is 0. The Balaban J connectivity index is 0.887. The topological polar surface area (TPSA) is 9.86 Å². The monoisotopic (exact) mass is 814 g/mol. The molecule has 0 atom stereocenters. The average Bonchev–Trinajstić information content (AvgIpc) is 3.89. The molecule has 0 unspecified atom stereocenters. The van der Waals surface area contributed by atoms with Crippen LogP contribution >= 0.6 is 0 Å². The molecule has 300 valence electrons. The predicted octanol–water partition coefficient (Wildman–Crippen LogP) is 15.5. The lowest BCUT2D eigenvalue weighted by Gasteiger charge is -2.42. The van der Waals surface area contributed by atoms with Crippen molar-refractivity contribution in [2.45, 2.75) is 11.8 Å². The van der Waals surface area contributed by atoms with Crippen molar-refractivity contribution in [3.05, 3.63) is 276 Å². The third kappa shape index (κ3) is 5.46. The van der Waals surface area contributed by atoms with Gasteiger partial charge in [-0.15, -0.1) is 0 Å². The molecule has 0 saturated heterocycles. The third-order valence-corrected chi connectivity index (χ3v) is 13.9. The van der Waals surface area contributed by atoms with E-state index in [0.29, 0.717) is 0 Å².